The molecule has 0 amide bonds. The van der Waals surface area contributed by atoms with Gasteiger partial charge in [-0.3, -0.25) is 4.99 Å². The average Bonchev–Trinajstić information content (AvgIpc) is 3.30. The van der Waals surface area contributed by atoms with E-state index >= 15 is 0 Å². The molecule has 2 aliphatic heterocycles. The first-order valence-electron chi connectivity index (χ1n) is 9.61. The van der Waals surface area contributed by atoms with Crippen LogP contribution >= 0.6 is 11.3 Å². The molecule has 2 unspecified atom stereocenters. The van der Waals surface area contributed by atoms with Gasteiger partial charge in [-0.25, -0.2) is 4.98 Å². The summed E-state index contributed by atoms with van der Waals surface area (Å²) in [7, 11) is 1.85. The highest BCUT2D eigenvalue weighted by molar-refractivity contribution is 7.09. The van der Waals surface area contributed by atoms with Crippen LogP contribution in [0.5, 0.6) is 0 Å². The fraction of sp³-hybridized carbons (Fsp3) is 0.789. The first-order chi connectivity index (χ1) is 12.5. The topological polar surface area (TPSA) is 59.0 Å². The number of guanidine groups is 1. The molecular formula is C19H32N4O2S. The first-order valence-corrected chi connectivity index (χ1v) is 10.5. The first kappa shape index (κ1) is 19.6. The molecule has 2 saturated heterocycles. The molecule has 2 fully saturated rings. The zero-order valence-corrected chi connectivity index (χ0v) is 17.3. The Morgan fingerprint density at radius 3 is 2.81 bits per heavy atom. The number of aliphatic imine (C=N–C) groups is 1. The smallest absolute Gasteiger partial charge is 0.193 e. The molecule has 0 aliphatic carbocycles. The van der Waals surface area contributed by atoms with Crippen LogP contribution in [0.15, 0.2) is 10.4 Å². The predicted octanol–water partition coefficient (Wildman–Crippen LogP) is 2.44. The molecule has 2 atom stereocenters. The molecule has 7 heteroatoms. The molecule has 0 spiro atoms. The van der Waals surface area contributed by atoms with E-state index in [0.717, 1.165) is 58.1 Å². The van der Waals surface area contributed by atoms with Gasteiger partial charge in [0.25, 0.3) is 0 Å². The zero-order chi connectivity index (χ0) is 18.6. The highest BCUT2D eigenvalue weighted by Gasteiger charge is 2.32. The van der Waals surface area contributed by atoms with Crippen molar-refractivity contribution in [1.82, 2.24) is 15.2 Å². The van der Waals surface area contributed by atoms with Crippen molar-refractivity contribution in [2.24, 2.45) is 4.99 Å². The third-order valence-corrected chi connectivity index (χ3v) is 5.84. The van der Waals surface area contributed by atoms with Crippen molar-refractivity contribution in [3.05, 3.63) is 16.1 Å². The molecule has 146 valence electrons. The maximum absolute atomic E-state index is 5.94. The second kappa shape index (κ2) is 8.67. The Labute approximate surface area is 161 Å². The van der Waals surface area contributed by atoms with Crippen LogP contribution in [0.4, 0.5) is 0 Å². The highest BCUT2D eigenvalue weighted by Crippen LogP contribution is 2.24. The van der Waals surface area contributed by atoms with Crippen molar-refractivity contribution < 1.29 is 9.47 Å². The Morgan fingerprint density at radius 1 is 1.35 bits per heavy atom. The number of ether oxygens (including phenoxy) is 2. The highest BCUT2D eigenvalue weighted by atomic mass is 32.1. The van der Waals surface area contributed by atoms with Crippen LogP contribution in [-0.4, -0.2) is 67.9 Å². The number of nitrogens with zero attached hydrogens (tertiary/aromatic N) is 3. The third-order valence-electron chi connectivity index (χ3n) is 4.93. The van der Waals surface area contributed by atoms with Crippen molar-refractivity contribution >= 4 is 17.3 Å². The van der Waals surface area contributed by atoms with Crippen LogP contribution in [0.1, 0.15) is 44.3 Å². The molecule has 3 rings (SSSR count). The summed E-state index contributed by atoms with van der Waals surface area (Å²) in [4.78, 5) is 11.5. The summed E-state index contributed by atoms with van der Waals surface area (Å²) in [6.45, 7) is 10.8. The number of morpholine rings is 1. The zero-order valence-electron chi connectivity index (χ0n) is 16.5. The monoisotopic (exact) mass is 380 g/mol. The number of hydrogen-bond donors (Lipinski definition) is 1. The van der Waals surface area contributed by atoms with E-state index in [1.54, 1.807) is 11.3 Å². The number of aromatic nitrogens is 1. The summed E-state index contributed by atoms with van der Waals surface area (Å²) < 4.78 is 11.7. The van der Waals surface area contributed by atoms with Crippen molar-refractivity contribution in [3.63, 3.8) is 0 Å². The lowest BCUT2D eigenvalue weighted by molar-refractivity contribution is -0.0816. The maximum Gasteiger partial charge on any atom is 0.193 e. The number of thiazole rings is 1. The van der Waals surface area contributed by atoms with Gasteiger partial charge in [0.1, 0.15) is 6.10 Å². The van der Waals surface area contributed by atoms with Gasteiger partial charge in [0.05, 0.1) is 23.4 Å². The predicted molar refractivity (Wildman–Crippen MR) is 106 cm³/mol. The molecule has 0 aromatic carbocycles. The second-order valence-corrected chi connectivity index (χ2v) is 8.95. The van der Waals surface area contributed by atoms with Crippen LogP contribution in [0.3, 0.4) is 0 Å². The molecular weight excluding hydrogens is 348 g/mol. The summed E-state index contributed by atoms with van der Waals surface area (Å²) in [5.41, 5.74) is 1.29. The molecule has 1 aromatic rings. The fourth-order valence-corrected chi connectivity index (χ4v) is 4.40. The average molecular weight is 381 g/mol. The molecule has 26 heavy (non-hydrogen) atoms. The Bertz CT molecular complexity index is 605. The summed E-state index contributed by atoms with van der Waals surface area (Å²) in [5.74, 6) is 0.948. The number of hydrogen-bond acceptors (Lipinski definition) is 5. The Hall–Kier alpha value is -1.18. The van der Waals surface area contributed by atoms with E-state index in [-0.39, 0.29) is 17.6 Å². The van der Waals surface area contributed by atoms with Crippen molar-refractivity contribution in [3.8, 4) is 0 Å². The quantitative estimate of drug-likeness (QED) is 0.642. The molecule has 0 bridgehead atoms. The van der Waals surface area contributed by atoms with Gasteiger partial charge in [0.2, 0.25) is 0 Å². The van der Waals surface area contributed by atoms with Gasteiger partial charge in [-0.2, -0.15) is 0 Å². The Kier molecular flexibility index (Phi) is 6.53. The molecule has 3 heterocycles. The fourth-order valence-electron chi connectivity index (χ4n) is 3.37. The lowest BCUT2D eigenvalue weighted by Crippen LogP contribution is -2.53. The largest absolute Gasteiger partial charge is 0.375 e. The lowest BCUT2D eigenvalue weighted by Gasteiger charge is -2.37. The minimum Gasteiger partial charge on any atom is -0.375 e. The third kappa shape index (κ3) is 4.96. The summed E-state index contributed by atoms with van der Waals surface area (Å²) in [6.07, 6.45) is 3.55. The van der Waals surface area contributed by atoms with E-state index in [2.05, 4.69) is 41.4 Å². The molecule has 1 aromatic heterocycles. The summed E-state index contributed by atoms with van der Waals surface area (Å²) in [5, 5.41) is 6.85. The van der Waals surface area contributed by atoms with Crippen LogP contribution in [0, 0.1) is 0 Å². The number of nitrogens with one attached hydrogen (secondary N) is 1. The van der Waals surface area contributed by atoms with Gasteiger partial charge in [-0.15, -0.1) is 11.3 Å². The van der Waals surface area contributed by atoms with Crippen LogP contribution in [0.2, 0.25) is 0 Å². The van der Waals surface area contributed by atoms with Gasteiger partial charge >= 0.3 is 0 Å². The van der Waals surface area contributed by atoms with Crippen LogP contribution in [-0.2, 0) is 21.3 Å². The van der Waals surface area contributed by atoms with Crippen LogP contribution < -0.4 is 5.32 Å². The minimum absolute atomic E-state index is 0.114. The SMILES string of the molecule is CN=C(NCCc1nc(C(C)(C)C)cs1)N1CCOC(C2CCCO2)C1. The van der Waals surface area contributed by atoms with E-state index in [0.29, 0.717) is 0 Å². The Balaban J connectivity index is 1.49. The second-order valence-electron chi connectivity index (χ2n) is 8.01. The van der Waals surface area contributed by atoms with E-state index in [4.69, 9.17) is 14.5 Å². The Morgan fingerprint density at radius 2 is 2.15 bits per heavy atom. The summed E-state index contributed by atoms with van der Waals surface area (Å²) in [6, 6.07) is 0. The van der Waals surface area contributed by atoms with Gasteiger partial charge in [-0.1, -0.05) is 20.8 Å². The van der Waals surface area contributed by atoms with E-state index in [1.807, 2.05) is 7.05 Å². The molecule has 1 N–H and O–H groups in total. The maximum atomic E-state index is 5.94. The van der Waals surface area contributed by atoms with Crippen molar-refractivity contribution in [2.45, 2.75) is 57.7 Å². The normalized spacial score (nSPS) is 24.9. The van der Waals surface area contributed by atoms with Gasteiger partial charge < -0.3 is 19.7 Å². The molecule has 6 nitrogen and oxygen atoms in total. The standard InChI is InChI=1S/C19H32N4O2S/c1-19(2,3)16-13-26-17(22-16)7-8-21-18(20-4)23-9-11-25-15(12-23)14-6-5-10-24-14/h13-15H,5-12H2,1-4H3,(H,20,21). The van der Waals surface area contributed by atoms with E-state index in [9.17, 15) is 0 Å². The molecule has 2 aliphatic rings. The van der Waals surface area contributed by atoms with Crippen molar-refractivity contribution in [2.75, 3.05) is 39.9 Å². The van der Waals surface area contributed by atoms with E-state index in [1.165, 1.54) is 10.7 Å². The minimum atomic E-state index is 0.114. The molecule has 0 radical (unpaired) electrons. The number of rotatable bonds is 4. The summed E-state index contributed by atoms with van der Waals surface area (Å²) >= 11 is 1.75. The lowest BCUT2D eigenvalue weighted by atomic mass is 9.93. The molecule has 0 saturated carbocycles. The van der Waals surface area contributed by atoms with Crippen molar-refractivity contribution in [1.29, 1.82) is 0 Å². The van der Waals surface area contributed by atoms with Gasteiger partial charge in [0, 0.05) is 50.5 Å². The van der Waals surface area contributed by atoms with Gasteiger partial charge in [-0.05, 0) is 12.8 Å². The van der Waals surface area contributed by atoms with E-state index < -0.39 is 0 Å². The van der Waals surface area contributed by atoms with Gasteiger partial charge in [0.15, 0.2) is 5.96 Å². The van der Waals surface area contributed by atoms with Crippen LogP contribution in [0.25, 0.3) is 0 Å².